The van der Waals surface area contributed by atoms with Crippen LogP contribution >= 0.6 is 11.6 Å². The molecule has 0 aliphatic heterocycles. The van der Waals surface area contributed by atoms with Crippen molar-refractivity contribution in [3.8, 4) is 17.0 Å². The quantitative estimate of drug-likeness (QED) is 0.556. The second kappa shape index (κ2) is 9.05. The Morgan fingerprint density at radius 1 is 1.11 bits per heavy atom. The van der Waals surface area contributed by atoms with Gasteiger partial charge < -0.3 is 4.74 Å². The topological polar surface area (TPSA) is 96.1 Å². The summed E-state index contributed by atoms with van der Waals surface area (Å²) in [5, 5.41) is 7.40. The summed E-state index contributed by atoms with van der Waals surface area (Å²) in [4.78, 5) is 24.1. The van der Waals surface area contributed by atoms with Crippen LogP contribution in [-0.4, -0.2) is 29.1 Å². The van der Waals surface area contributed by atoms with Crippen LogP contribution in [0, 0.1) is 0 Å². The number of halogens is 1. The molecular weight excluding hydrogens is 380 g/mol. The Kier molecular flexibility index (Phi) is 6.29. The monoisotopic (exact) mass is 398 g/mol. The Hall–Kier alpha value is -3.32. The molecule has 0 aliphatic carbocycles. The van der Waals surface area contributed by atoms with Gasteiger partial charge in [-0.25, -0.2) is 0 Å². The van der Waals surface area contributed by atoms with E-state index in [4.69, 9.17) is 16.3 Å². The lowest BCUT2D eigenvalue weighted by Gasteiger charge is -2.07. The van der Waals surface area contributed by atoms with E-state index in [9.17, 15) is 9.59 Å². The standard InChI is InChI=1S/C20H19ClN4O3/c1-28-15-9-6-14(7-10-15)17-12-18(23-22-17)20(27)25-24-19(26)11-8-13-4-2-3-5-16(13)21/h2-7,9-10,12H,8,11H2,1H3,(H,22,23)(H,24,26)(H,25,27). The smallest absolute Gasteiger partial charge is 0.287 e. The normalized spacial score (nSPS) is 10.4. The van der Waals surface area contributed by atoms with E-state index >= 15 is 0 Å². The van der Waals surface area contributed by atoms with E-state index in [1.165, 1.54) is 0 Å². The molecule has 8 heteroatoms. The summed E-state index contributed by atoms with van der Waals surface area (Å²) in [5.74, 6) is -0.0710. The Bertz CT molecular complexity index is 970. The molecule has 0 radical (unpaired) electrons. The maximum absolute atomic E-state index is 12.2. The minimum absolute atomic E-state index is 0.198. The minimum atomic E-state index is -0.488. The lowest BCUT2D eigenvalue weighted by molar-refractivity contribution is -0.121. The van der Waals surface area contributed by atoms with Crippen molar-refractivity contribution in [3.05, 3.63) is 70.9 Å². The molecule has 0 aliphatic rings. The summed E-state index contributed by atoms with van der Waals surface area (Å²) in [5.41, 5.74) is 7.31. The Morgan fingerprint density at radius 2 is 1.86 bits per heavy atom. The summed E-state index contributed by atoms with van der Waals surface area (Å²) in [6.07, 6.45) is 0.678. The summed E-state index contributed by atoms with van der Waals surface area (Å²) in [7, 11) is 1.59. The van der Waals surface area contributed by atoms with Crippen LogP contribution in [0.4, 0.5) is 0 Å². The number of methoxy groups -OCH3 is 1. The largest absolute Gasteiger partial charge is 0.497 e. The van der Waals surface area contributed by atoms with Crippen LogP contribution < -0.4 is 15.6 Å². The molecule has 0 unspecified atom stereocenters. The third-order valence-corrected chi connectivity index (χ3v) is 4.47. The first kappa shape index (κ1) is 19.4. The highest BCUT2D eigenvalue weighted by Gasteiger charge is 2.12. The molecule has 1 heterocycles. The van der Waals surface area contributed by atoms with Gasteiger partial charge in [0.25, 0.3) is 5.91 Å². The Labute approximate surface area is 167 Å². The van der Waals surface area contributed by atoms with Gasteiger partial charge in [-0.15, -0.1) is 0 Å². The van der Waals surface area contributed by atoms with Crippen molar-refractivity contribution in [2.45, 2.75) is 12.8 Å². The highest BCUT2D eigenvalue weighted by molar-refractivity contribution is 6.31. The van der Waals surface area contributed by atoms with Gasteiger partial charge in [0.2, 0.25) is 5.91 Å². The number of hydrogen-bond acceptors (Lipinski definition) is 4. The average Bonchev–Trinajstić information content (AvgIpc) is 3.22. The molecule has 3 N–H and O–H groups in total. The molecule has 0 fully saturated rings. The number of nitrogens with zero attached hydrogens (tertiary/aromatic N) is 1. The number of hydrazine groups is 1. The molecule has 3 rings (SSSR count). The van der Waals surface area contributed by atoms with E-state index in [1.807, 2.05) is 42.5 Å². The molecule has 144 valence electrons. The number of benzene rings is 2. The Balaban J connectivity index is 1.51. The van der Waals surface area contributed by atoms with Gasteiger partial charge in [-0.3, -0.25) is 25.5 Å². The molecule has 2 aromatic carbocycles. The SMILES string of the molecule is COc1ccc(-c2cc(C(=O)NNC(=O)CCc3ccccc3Cl)[nH]n2)cc1. The average molecular weight is 399 g/mol. The zero-order valence-electron chi connectivity index (χ0n) is 15.2. The highest BCUT2D eigenvalue weighted by Crippen LogP contribution is 2.21. The van der Waals surface area contributed by atoms with Gasteiger partial charge in [0.05, 0.1) is 12.8 Å². The second-order valence-electron chi connectivity index (χ2n) is 5.99. The first-order valence-corrected chi connectivity index (χ1v) is 8.97. The van der Waals surface area contributed by atoms with Crippen molar-refractivity contribution >= 4 is 23.4 Å². The number of carbonyl (C=O) groups is 2. The molecule has 0 saturated carbocycles. The van der Waals surface area contributed by atoms with Gasteiger partial charge in [-0.1, -0.05) is 29.8 Å². The number of aromatic nitrogens is 2. The van der Waals surface area contributed by atoms with Crippen molar-refractivity contribution in [2.75, 3.05) is 7.11 Å². The highest BCUT2D eigenvalue weighted by atomic mass is 35.5. The van der Waals surface area contributed by atoms with Crippen molar-refractivity contribution in [1.82, 2.24) is 21.0 Å². The van der Waals surface area contributed by atoms with Crippen LogP contribution in [0.5, 0.6) is 5.75 Å². The molecular formula is C20H19ClN4O3. The van der Waals surface area contributed by atoms with Crippen molar-refractivity contribution in [1.29, 1.82) is 0 Å². The third kappa shape index (κ3) is 4.89. The van der Waals surface area contributed by atoms with Gasteiger partial charge in [0, 0.05) is 17.0 Å². The summed E-state index contributed by atoms with van der Waals surface area (Å²) >= 11 is 6.07. The predicted octanol–water partition coefficient (Wildman–Crippen LogP) is 3.13. The van der Waals surface area contributed by atoms with Gasteiger partial charge in [-0.2, -0.15) is 5.10 Å². The van der Waals surface area contributed by atoms with Crippen molar-refractivity contribution in [3.63, 3.8) is 0 Å². The molecule has 0 atom stereocenters. The number of ether oxygens (including phenoxy) is 1. The summed E-state index contributed by atoms with van der Waals surface area (Å²) in [6, 6.07) is 16.2. The fourth-order valence-electron chi connectivity index (χ4n) is 2.55. The number of aromatic amines is 1. The van der Waals surface area contributed by atoms with Gasteiger partial charge in [0.1, 0.15) is 11.4 Å². The van der Waals surface area contributed by atoms with E-state index < -0.39 is 5.91 Å². The van der Waals surface area contributed by atoms with Crippen LogP contribution in [0.2, 0.25) is 5.02 Å². The maximum Gasteiger partial charge on any atom is 0.287 e. The summed E-state index contributed by atoms with van der Waals surface area (Å²) < 4.78 is 5.12. The third-order valence-electron chi connectivity index (χ3n) is 4.10. The molecule has 7 nitrogen and oxygen atoms in total. The van der Waals surface area contributed by atoms with Crippen LogP contribution in [0.1, 0.15) is 22.5 Å². The first-order chi connectivity index (χ1) is 13.6. The van der Waals surface area contributed by atoms with E-state index in [-0.39, 0.29) is 18.0 Å². The zero-order valence-corrected chi connectivity index (χ0v) is 15.9. The van der Waals surface area contributed by atoms with Gasteiger partial charge >= 0.3 is 0 Å². The predicted molar refractivity (Wildman–Crippen MR) is 106 cm³/mol. The zero-order chi connectivity index (χ0) is 19.9. The summed E-state index contributed by atoms with van der Waals surface area (Å²) in [6.45, 7) is 0. The van der Waals surface area contributed by atoms with Gasteiger partial charge in [0.15, 0.2) is 0 Å². The van der Waals surface area contributed by atoms with E-state index in [0.29, 0.717) is 17.1 Å². The van der Waals surface area contributed by atoms with Crippen LogP contribution in [0.3, 0.4) is 0 Å². The van der Waals surface area contributed by atoms with Gasteiger partial charge in [-0.05, 0) is 48.4 Å². The molecule has 2 amide bonds. The molecule has 0 bridgehead atoms. The lowest BCUT2D eigenvalue weighted by Crippen LogP contribution is -2.41. The van der Waals surface area contributed by atoms with Crippen LogP contribution in [-0.2, 0) is 11.2 Å². The number of carbonyl (C=O) groups excluding carboxylic acids is 2. The van der Waals surface area contributed by atoms with Crippen molar-refractivity contribution < 1.29 is 14.3 Å². The molecule has 28 heavy (non-hydrogen) atoms. The lowest BCUT2D eigenvalue weighted by atomic mass is 10.1. The molecule has 0 saturated heterocycles. The fraction of sp³-hybridized carbons (Fsp3) is 0.150. The first-order valence-electron chi connectivity index (χ1n) is 8.59. The van der Waals surface area contributed by atoms with Crippen LogP contribution in [0.25, 0.3) is 11.3 Å². The van der Waals surface area contributed by atoms with Crippen molar-refractivity contribution in [2.24, 2.45) is 0 Å². The molecule has 0 spiro atoms. The fourth-order valence-corrected chi connectivity index (χ4v) is 2.78. The van der Waals surface area contributed by atoms with E-state index in [2.05, 4.69) is 21.0 Å². The maximum atomic E-state index is 12.2. The number of aryl methyl sites for hydroxylation is 1. The minimum Gasteiger partial charge on any atom is -0.497 e. The number of nitrogens with one attached hydrogen (secondary N) is 3. The van der Waals surface area contributed by atoms with E-state index in [0.717, 1.165) is 16.9 Å². The molecule has 1 aromatic heterocycles. The number of H-pyrrole nitrogens is 1. The Morgan fingerprint density at radius 3 is 2.57 bits per heavy atom. The number of hydrogen-bond donors (Lipinski definition) is 3. The van der Waals surface area contributed by atoms with E-state index in [1.54, 1.807) is 19.2 Å². The number of amides is 2. The number of rotatable bonds is 6. The molecule has 3 aromatic rings. The van der Waals surface area contributed by atoms with Crippen LogP contribution in [0.15, 0.2) is 54.6 Å². The second-order valence-corrected chi connectivity index (χ2v) is 6.40.